The lowest BCUT2D eigenvalue weighted by molar-refractivity contribution is -0.0410. The van der Waals surface area contributed by atoms with E-state index in [-0.39, 0.29) is 5.82 Å². The summed E-state index contributed by atoms with van der Waals surface area (Å²) >= 11 is 0. The molecular formula is C14H15FN2O. The first-order chi connectivity index (χ1) is 8.72. The Kier molecular flexibility index (Phi) is 3.02. The number of morpholine rings is 1. The number of benzene rings is 1. The molecule has 2 unspecified atom stereocenters. The Labute approximate surface area is 106 Å². The first kappa shape index (κ1) is 11.6. The smallest absolute Gasteiger partial charge is 0.124 e. The van der Waals surface area contributed by atoms with Gasteiger partial charge in [0.05, 0.1) is 23.8 Å². The van der Waals surface area contributed by atoms with Crippen molar-refractivity contribution in [1.82, 2.24) is 4.90 Å². The summed E-state index contributed by atoms with van der Waals surface area (Å²) in [4.78, 5) is 2.29. The molecule has 18 heavy (non-hydrogen) atoms. The summed E-state index contributed by atoms with van der Waals surface area (Å²) in [5, 5.41) is 8.84. The van der Waals surface area contributed by atoms with Gasteiger partial charge in [-0.05, 0) is 36.6 Å². The second-order valence-corrected chi connectivity index (χ2v) is 5.11. The van der Waals surface area contributed by atoms with Crippen LogP contribution < -0.4 is 0 Å². The largest absolute Gasteiger partial charge is 0.372 e. The van der Waals surface area contributed by atoms with Gasteiger partial charge in [0.1, 0.15) is 5.82 Å². The quantitative estimate of drug-likeness (QED) is 0.801. The summed E-state index contributed by atoms with van der Waals surface area (Å²) in [5.74, 6) is -0.333. The fourth-order valence-electron chi connectivity index (χ4n) is 2.89. The van der Waals surface area contributed by atoms with Crippen molar-refractivity contribution in [2.45, 2.75) is 31.6 Å². The molecule has 0 amide bonds. The van der Waals surface area contributed by atoms with Crippen LogP contribution in [0.4, 0.5) is 4.39 Å². The first-order valence-corrected chi connectivity index (χ1v) is 6.30. The van der Waals surface area contributed by atoms with E-state index in [1.165, 1.54) is 12.1 Å². The molecule has 0 radical (unpaired) electrons. The van der Waals surface area contributed by atoms with E-state index in [0.29, 0.717) is 24.3 Å². The first-order valence-electron chi connectivity index (χ1n) is 6.30. The van der Waals surface area contributed by atoms with Crippen LogP contribution in [0.25, 0.3) is 0 Å². The van der Waals surface area contributed by atoms with Crippen LogP contribution >= 0.6 is 0 Å². The fourth-order valence-corrected chi connectivity index (χ4v) is 2.89. The van der Waals surface area contributed by atoms with E-state index in [2.05, 4.69) is 4.90 Å². The molecule has 2 fully saturated rings. The van der Waals surface area contributed by atoms with Gasteiger partial charge in [0, 0.05) is 19.6 Å². The minimum absolute atomic E-state index is 0.333. The highest BCUT2D eigenvalue weighted by Gasteiger charge is 2.33. The number of ether oxygens (including phenoxy) is 1. The van der Waals surface area contributed by atoms with Gasteiger partial charge in [-0.15, -0.1) is 0 Å². The number of nitriles is 1. The van der Waals surface area contributed by atoms with Crippen molar-refractivity contribution in [2.75, 3.05) is 13.1 Å². The molecule has 2 aliphatic heterocycles. The SMILES string of the molecule is N#Cc1cc(F)cc(CN2CC3CCC(C2)O3)c1. The van der Waals surface area contributed by atoms with Gasteiger partial charge in [0.2, 0.25) is 0 Å². The molecule has 4 heteroatoms. The lowest BCUT2D eigenvalue weighted by atomic mass is 10.1. The Morgan fingerprint density at radius 2 is 2.00 bits per heavy atom. The second-order valence-electron chi connectivity index (χ2n) is 5.11. The Morgan fingerprint density at radius 1 is 1.28 bits per heavy atom. The molecule has 1 aromatic carbocycles. The van der Waals surface area contributed by atoms with E-state index in [1.807, 2.05) is 6.07 Å². The maximum atomic E-state index is 13.3. The van der Waals surface area contributed by atoms with Gasteiger partial charge < -0.3 is 4.74 Å². The fraction of sp³-hybridized carbons (Fsp3) is 0.500. The number of fused-ring (bicyclic) bond motifs is 2. The van der Waals surface area contributed by atoms with Crippen LogP contribution in [0.1, 0.15) is 24.0 Å². The Morgan fingerprint density at radius 3 is 2.67 bits per heavy atom. The molecule has 0 aliphatic carbocycles. The molecular weight excluding hydrogens is 231 g/mol. The van der Waals surface area contributed by atoms with Crippen molar-refractivity contribution in [3.8, 4) is 6.07 Å². The average Bonchev–Trinajstić information content (AvgIpc) is 2.68. The van der Waals surface area contributed by atoms with E-state index in [4.69, 9.17) is 10.00 Å². The predicted molar refractivity (Wildman–Crippen MR) is 64.3 cm³/mol. The number of halogens is 1. The van der Waals surface area contributed by atoms with E-state index in [1.54, 1.807) is 6.07 Å². The minimum atomic E-state index is -0.333. The molecule has 2 saturated heterocycles. The van der Waals surface area contributed by atoms with Gasteiger partial charge in [0.25, 0.3) is 0 Å². The molecule has 1 aromatic rings. The Bertz CT molecular complexity index is 485. The van der Waals surface area contributed by atoms with E-state index in [9.17, 15) is 4.39 Å². The second kappa shape index (κ2) is 4.68. The molecule has 0 N–H and O–H groups in total. The number of hydrogen-bond donors (Lipinski definition) is 0. The van der Waals surface area contributed by atoms with Crippen molar-refractivity contribution in [2.24, 2.45) is 0 Å². The topological polar surface area (TPSA) is 36.3 Å². The molecule has 0 saturated carbocycles. The van der Waals surface area contributed by atoms with Gasteiger partial charge in [-0.3, -0.25) is 4.90 Å². The third kappa shape index (κ3) is 2.38. The van der Waals surface area contributed by atoms with Gasteiger partial charge in [0.15, 0.2) is 0 Å². The summed E-state index contributed by atoms with van der Waals surface area (Å²) in [6, 6.07) is 6.54. The Balaban J connectivity index is 1.73. The maximum Gasteiger partial charge on any atom is 0.124 e. The van der Waals surface area contributed by atoms with Crippen LogP contribution in [-0.4, -0.2) is 30.2 Å². The summed E-state index contributed by atoms with van der Waals surface area (Å²) < 4.78 is 19.1. The lowest BCUT2D eigenvalue weighted by Crippen LogP contribution is -2.41. The number of rotatable bonds is 2. The monoisotopic (exact) mass is 246 g/mol. The summed E-state index contributed by atoms with van der Waals surface area (Å²) in [6.45, 7) is 2.52. The molecule has 94 valence electrons. The summed E-state index contributed by atoms with van der Waals surface area (Å²) in [6.07, 6.45) is 2.95. The van der Waals surface area contributed by atoms with Gasteiger partial charge >= 0.3 is 0 Å². The van der Waals surface area contributed by atoms with Gasteiger partial charge in [-0.1, -0.05) is 0 Å². The zero-order chi connectivity index (χ0) is 12.5. The minimum Gasteiger partial charge on any atom is -0.372 e. The third-order valence-corrected chi connectivity index (χ3v) is 3.61. The zero-order valence-electron chi connectivity index (χ0n) is 10.1. The summed E-state index contributed by atoms with van der Waals surface area (Å²) in [7, 11) is 0. The maximum absolute atomic E-state index is 13.3. The molecule has 2 aliphatic rings. The molecule has 2 heterocycles. The van der Waals surface area contributed by atoms with Crippen LogP contribution in [0.15, 0.2) is 18.2 Å². The zero-order valence-corrected chi connectivity index (χ0v) is 10.1. The van der Waals surface area contributed by atoms with E-state index >= 15 is 0 Å². The van der Waals surface area contributed by atoms with Gasteiger partial charge in [-0.2, -0.15) is 5.26 Å². The standard InChI is InChI=1S/C14H15FN2O/c15-12-4-10(6-16)3-11(5-12)7-17-8-13-1-2-14(9-17)18-13/h3-5,13-14H,1-2,7-9H2. The van der Waals surface area contributed by atoms with Crippen molar-refractivity contribution >= 4 is 0 Å². The highest BCUT2D eigenvalue weighted by Crippen LogP contribution is 2.27. The van der Waals surface area contributed by atoms with Crippen molar-refractivity contribution in [1.29, 1.82) is 5.26 Å². The van der Waals surface area contributed by atoms with Crippen molar-refractivity contribution in [3.63, 3.8) is 0 Å². The van der Waals surface area contributed by atoms with Crippen LogP contribution in [0.5, 0.6) is 0 Å². The highest BCUT2D eigenvalue weighted by molar-refractivity contribution is 5.33. The van der Waals surface area contributed by atoms with E-state index < -0.39 is 0 Å². The third-order valence-electron chi connectivity index (χ3n) is 3.61. The number of likely N-dealkylation sites (tertiary alicyclic amines) is 1. The van der Waals surface area contributed by atoms with E-state index in [0.717, 1.165) is 31.5 Å². The van der Waals surface area contributed by atoms with Crippen LogP contribution in [-0.2, 0) is 11.3 Å². The summed E-state index contributed by atoms with van der Waals surface area (Å²) in [5.41, 5.74) is 1.26. The molecule has 3 nitrogen and oxygen atoms in total. The van der Waals surface area contributed by atoms with Crippen molar-refractivity contribution in [3.05, 3.63) is 35.1 Å². The van der Waals surface area contributed by atoms with Crippen LogP contribution in [0.2, 0.25) is 0 Å². The molecule has 2 bridgehead atoms. The highest BCUT2D eigenvalue weighted by atomic mass is 19.1. The molecule has 2 atom stereocenters. The van der Waals surface area contributed by atoms with Crippen LogP contribution in [0, 0.1) is 17.1 Å². The molecule has 3 rings (SSSR count). The lowest BCUT2D eigenvalue weighted by Gasteiger charge is -2.32. The number of nitrogens with zero attached hydrogens (tertiary/aromatic N) is 2. The van der Waals surface area contributed by atoms with Crippen LogP contribution in [0.3, 0.4) is 0 Å². The molecule has 0 spiro atoms. The number of hydrogen-bond acceptors (Lipinski definition) is 3. The normalized spacial score (nSPS) is 27.1. The Hall–Kier alpha value is -1.44. The molecule has 0 aromatic heterocycles. The average molecular weight is 246 g/mol. The predicted octanol–water partition coefficient (Wildman–Crippen LogP) is 2.06. The van der Waals surface area contributed by atoms with Gasteiger partial charge in [-0.25, -0.2) is 4.39 Å². The van der Waals surface area contributed by atoms with Crippen molar-refractivity contribution < 1.29 is 9.13 Å².